The molecule has 0 amide bonds. The van der Waals surface area contributed by atoms with Crippen LogP contribution in [0.3, 0.4) is 0 Å². The minimum absolute atomic E-state index is 1.03. The number of hydrogen-bond donors (Lipinski definition) is 1. The summed E-state index contributed by atoms with van der Waals surface area (Å²) in [6.07, 6.45) is 5.60. The Morgan fingerprint density at radius 3 is 2.77 bits per heavy atom. The maximum absolute atomic E-state index is 4.05. The average molecular weight is 177 g/mol. The van der Waals surface area contributed by atoms with Gasteiger partial charge in [0.2, 0.25) is 0 Å². The third-order valence-corrected chi connectivity index (χ3v) is 1.55. The summed E-state index contributed by atoms with van der Waals surface area (Å²) in [6, 6.07) is 3.92. The molecule has 0 radical (unpaired) electrons. The van der Waals surface area contributed by atoms with Crippen molar-refractivity contribution in [3.63, 3.8) is 0 Å². The second-order valence-electron chi connectivity index (χ2n) is 3.01. The van der Waals surface area contributed by atoms with Crippen LogP contribution in [0.4, 0.5) is 5.69 Å². The van der Waals surface area contributed by atoms with Gasteiger partial charge in [-0.15, -0.1) is 0 Å². The number of anilines is 1. The molecule has 0 atom stereocenters. The maximum atomic E-state index is 4.05. The average Bonchev–Trinajstić information content (AvgIpc) is 2.15. The number of nitrogens with one attached hydrogen (secondary N) is 1. The molecule has 1 rings (SSSR count). The second-order valence-corrected chi connectivity index (χ2v) is 3.01. The summed E-state index contributed by atoms with van der Waals surface area (Å²) in [6.45, 7) is 4.11. The first-order chi connectivity index (χ1) is 6.24. The zero-order valence-electron chi connectivity index (χ0n) is 8.28. The van der Waals surface area contributed by atoms with Crippen LogP contribution in [-0.2, 0) is 0 Å². The SMILES string of the molecule is CNN(C=C(C)C)c1cccnc1. The molecule has 13 heavy (non-hydrogen) atoms. The number of pyridine rings is 1. The first kappa shape index (κ1) is 9.74. The minimum Gasteiger partial charge on any atom is -0.283 e. The van der Waals surface area contributed by atoms with E-state index in [0.717, 1.165) is 5.69 Å². The van der Waals surface area contributed by atoms with E-state index in [2.05, 4.69) is 24.3 Å². The van der Waals surface area contributed by atoms with Crippen molar-refractivity contribution in [2.75, 3.05) is 12.1 Å². The Bertz CT molecular complexity index is 275. The molecule has 1 aromatic heterocycles. The molecule has 0 saturated heterocycles. The molecule has 0 aromatic carbocycles. The van der Waals surface area contributed by atoms with Gasteiger partial charge in [-0.05, 0) is 26.0 Å². The molecule has 1 aromatic rings. The minimum atomic E-state index is 1.03. The molecular formula is C10H15N3. The van der Waals surface area contributed by atoms with Gasteiger partial charge in [-0.1, -0.05) is 5.57 Å². The molecule has 0 unspecified atom stereocenters. The third-order valence-electron chi connectivity index (χ3n) is 1.55. The fourth-order valence-corrected chi connectivity index (χ4v) is 1.02. The number of hydrazine groups is 1. The van der Waals surface area contributed by atoms with Crippen molar-refractivity contribution in [2.45, 2.75) is 13.8 Å². The highest BCUT2D eigenvalue weighted by molar-refractivity contribution is 5.45. The molecule has 0 bridgehead atoms. The van der Waals surface area contributed by atoms with Gasteiger partial charge in [-0.2, -0.15) is 0 Å². The van der Waals surface area contributed by atoms with E-state index in [9.17, 15) is 0 Å². The Balaban J connectivity index is 2.85. The molecule has 0 aliphatic carbocycles. The van der Waals surface area contributed by atoms with Crippen LogP contribution < -0.4 is 10.4 Å². The highest BCUT2D eigenvalue weighted by Crippen LogP contribution is 2.10. The first-order valence-corrected chi connectivity index (χ1v) is 4.25. The van der Waals surface area contributed by atoms with E-state index in [-0.39, 0.29) is 0 Å². The highest BCUT2D eigenvalue weighted by atomic mass is 15.5. The lowest BCUT2D eigenvalue weighted by Crippen LogP contribution is -2.29. The largest absolute Gasteiger partial charge is 0.283 e. The number of nitrogens with zero attached hydrogens (tertiary/aromatic N) is 2. The number of aromatic nitrogens is 1. The summed E-state index contributed by atoms with van der Waals surface area (Å²) >= 11 is 0. The molecule has 1 heterocycles. The second kappa shape index (κ2) is 4.62. The molecular weight excluding hydrogens is 162 g/mol. The van der Waals surface area contributed by atoms with Crippen LogP contribution in [0.5, 0.6) is 0 Å². The monoisotopic (exact) mass is 177 g/mol. The van der Waals surface area contributed by atoms with Crippen molar-refractivity contribution in [3.05, 3.63) is 36.3 Å². The molecule has 3 nitrogen and oxygen atoms in total. The normalized spacial score (nSPS) is 9.46. The summed E-state index contributed by atoms with van der Waals surface area (Å²) in [4.78, 5) is 4.05. The van der Waals surface area contributed by atoms with Gasteiger partial charge in [-0.25, -0.2) is 5.43 Å². The lowest BCUT2D eigenvalue weighted by molar-refractivity contribution is 0.818. The van der Waals surface area contributed by atoms with Gasteiger partial charge in [0.25, 0.3) is 0 Å². The lowest BCUT2D eigenvalue weighted by Gasteiger charge is -2.18. The lowest BCUT2D eigenvalue weighted by atomic mass is 10.3. The van der Waals surface area contributed by atoms with Gasteiger partial charge in [0.1, 0.15) is 0 Å². The van der Waals surface area contributed by atoms with Gasteiger partial charge in [-0.3, -0.25) is 9.99 Å². The molecule has 0 aliphatic rings. The van der Waals surface area contributed by atoms with Crippen molar-refractivity contribution in [3.8, 4) is 0 Å². The van der Waals surface area contributed by atoms with Gasteiger partial charge in [0, 0.05) is 19.4 Å². The van der Waals surface area contributed by atoms with E-state index >= 15 is 0 Å². The van der Waals surface area contributed by atoms with E-state index in [1.165, 1.54) is 5.57 Å². The Hall–Kier alpha value is -1.35. The summed E-state index contributed by atoms with van der Waals surface area (Å²) in [5.74, 6) is 0. The van der Waals surface area contributed by atoms with Crippen molar-refractivity contribution >= 4 is 5.69 Å². The molecule has 0 aliphatic heterocycles. The topological polar surface area (TPSA) is 28.2 Å². The highest BCUT2D eigenvalue weighted by Gasteiger charge is 1.98. The van der Waals surface area contributed by atoms with Crippen LogP contribution in [-0.4, -0.2) is 12.0 Å². The molecule has 3 heteroatoms. The zero-order valence-corrected chi connectivity index (χ0v) is 8.28. The number of rotatable bonds is 3. The molecule has 0 fully saturated rings. The molecule has 0 saturated carbocycles. The first-order valence-electron chi connectivity index (χ1n) is 4.25. The van der Waals surface area contributed by atoms with E-state index in [4.69, 9.17) is 0 Å². The standard InChI is InChI=1S/C10H15N3/c1-9(2)8-13(11-3)10-5-4-6-12-7-10/h4-8,11H,1-3H3. The van der Waals surface area contributed by atoms with Crippen LogP contribution in [0.15, 0.2) is 36.3 Å². The van der Waals surface area contributed by atoms with Crippen molar-refractivity contribution in [1.82, 2.24) is 10.4 Å². The Morgan fingerprint density at radius 1 is 1.54 bits per heavy atom. The predicted octanol–water partition coefficient (Wildman–Crippen LogP) is 1.95. The zero-order chi connectivity index (χ0) is 9.68. The Morgan fingerprint density at radius 2 is 2.31 bits per heavy atom. The maximum Gasteiger partial charge on any atom is 0.0753 e. The Labute approximate surface area is 79.1 Å². The third kappa shape index (κ3) is 2.87. The predicted molar refractivity (Wildman–Crippen MR) is 55.2 cm³/mol. The van der Waals surface area contributed by atoms with Gasteiger partial charge in [0.15, 0.2) is 0 Å². The number of hydrogen-bond acceptors (Lipinski definition) is 3. The Kier molecular flexibility index (Phi) is 3.46. The van der Waals surface area contributed by atoms with Crippen LogP contribution in [0, 0.1) is 0 Å². The number of allylic oxidation sites excluding steroid dienone is 1. The van der Waals surface area contributed by atoms with E-state index in [0.29, 0.717) is 0 Å². The molecule has 0 spiro atoms. The van der Waals surface area contributed by atoms with Crippen LogP contribution in [0.25, 0.3) is 0 Å². The van der Waals surface area contributed by atoms with Crippen LogP contribution in [0.1, 0.15) is 13.8 Å². The van der Waals surface area contributed by atoms with E-state index < -0.39 is 0 Å². The van der Waals surface area contributed by atoms with Crippen LogP contribution in [0.2, 0.25) is 0 Å². The quantitative estimate of drug-likeness (QED) is 0.715. The fraction of sp³-hybridized carbons (Fsp3) is 0.300. The van der Waals surface area contributed by atoms with E-state index in [1.807, 2.05) is 36.6 Å². The molecule has 70 valence electrons. The van der Waals surface area contributed by atoms with Gasteiger partial charge in [0.05, 0.1) is 11.9 Å². The van der Waals surface area contributed by atoms with Crippen molar-refractivity contribution in [2.24, 2.45) is 0 Å². The van der Waals surface area contributed by atoms with Crippen molar-refractivity contribution < 1.29 is 0 Å². The summed E-state index contributed by atoms with van der Waals surface area (Å²) < 4.78 is 0. The van der Waals surface area contributed by atoms with Gasteiger partial charge >= 0.3 is 0 Å². The van der Waals surface area contributed by atoms with Crippen LogP contribution >= 0.6 is 0 Å². The summed E-state index contributed by atoms with van der Waals surface area (Å²) in [5.41, 5.74) is 5.33. The van der Waals surface area contributed by atoms with Crippen molar-refractivity contribution in [1.29, 1.82) is 0 Å². The smallest absolute Gasteiger partial charge is 0.0753 e. The molecule has 1 N–H and O–H groups in total. The van der Waals surface area contributed by atoms with Gasteiger partial charge < -0.3 is 0 Å². The fourth-order valence-electron chi connectivity index (χ4n) is 1.02. The summed E-state index contributed by atoms with van der Waals surface area (Å²) in [5, 5.41) is 1.93. The summed E-state index contributed by atoms with van der Waals surface area (Å²) in [7, 11) is 1.88. The van der Waals surface area contributed by atoms with E-state index in [1.54, 1.807) is 6.20 Å².